The molecule has 0 bridgehead atoms. The first-order valence-electron chi connectivity index (χ1n) is 9.72. The molecule has 0 saturated carbocycles. The first kappa shape index (κ1) is 22.3. The fourth-order valence-electron chi connectivity index (χ4n) is 3.02. The summed E-state index contributed by atoms with van der Waals surface area (Å²) in [6.45, 7) is 0. The number of carbonyl (C=O) groups is 2. The molecule has 0 amide bonds. The monoisotopic (exact) mass is 400 g/mol. The molecule has 6 nitrogen and oxygen atoms in total. The summed E-state index contributed by atoms with van der Waals surface area (Å²) in [4.78, 5) is 22.9. The van der Waals surface area contributed by atoms with Crippen molar-refractivity contribution in [2.45, 2.75) is 44.6 Å². The number of esters is 2. The Hall–Kier alpha value is -3.02. The van der Waals surface area contributed by atoms with Crippen LogP contribution in [0.1, 0.15) is 48.0 Å². The van der Waals surface area contributed by atoms with Crippen molar-refractivity contribution < 1.29 is 28.9 Å². The van der Waals surface area contributed by atoms with Crippen LogP contribution in [-0.2, 0) is 20.7 Å². The SMILES string of the molecule is COC(=O)CCCCC(CCc1ccccc1O)Oc1ccc(C(=O)OC)cc1. The summed E-state index contributed by atoms with van der Waals surface area (Å²) < 4.78 is 15.5. The highest BCUT2D eigenvalue weighted by atomic mass is 16.5. The van der Waals surface area contributed by atoms with Gasteiger partial charge in [0, 0.05) is 6.42 Å². The number of hydrogen-bond donors (Lipinski definition) is 1. The lowest BCUT2D eigenvalue weighted by Crippen LogP contribution is -2.18. The van der Waals surface area contributed by atoms with Gasteiger partial charge in [0.2, 0.25) is 0 Å². The van der Waals surface area contributed by atoms with E-state index in [1.165, 1.54) is 14.2 Å². The van der Waals surface area contributed by atoms with Crippen molar-refractivity contribution in [2.75, 3.05) is 14.2 Å². The Morgan fingerprint density at radius 3 is 2.31 bits per heavy atom. The highest BCUT2D eigenvalue weighted by Crippen LogP contribution is 2.23. The molecular formula is C23H28O6. The number of para-hydroxylation sites is 1. The Morgan fingerprint density at radius 1 is 0.931 bits per heavy atom. The van der Waals surface area contributed by atoms with E-state index in [2.05, 4.69) is 4.74 Å². The van der Waals surface area contributed by atoms with E-state index in [9.17, 15) is 14.7 Å². The van der Waals surface area contributed by atoms with E-state index in [1.807, 2.05) is 12.1 Å². The zero-order valence-electron chi connectivity index (χ0n) is 16.9. The second-order valence-corrected chi connectivity index (χ2v) is 6.75. The van der Waals surface area contributed by atoms with Crippen LogP contribution in [0.25, 0.3) is 0 Å². The van der Waals surface area contributed by atoms with Gasteiger partial charge in [0.25, 0.3) is 0 Å². The first-order valence-corrected chi connectivity index (χ1v) is 9.72. The van der Waals surface area contributed by atoms with Gasteiger partial charge in [0.1, 0.15) is 11.5 Å². The number of aryl methyl sites for hydroxylation is 1. The van der Waals surface area contributed by atoms with Crippen LogP contribution in [0.15, 0.2) is 48.5 Å². The van der Waals surface area contributed by atoms with E-state index in [1.54, 1.807) is 36.4 Å². The standard InChI is InChI=1S/C23H28O6/c1-27-22(25)10-6-4-8-19(14-11-17-7-3-5-9-21(17)24)29-20-15-12-18(13-16-20)23(26)28-2/h3,5,7,9,12-13,15-16,19,24H,4,6,8,10-11,14H2,1-2H3. The van der Waals surface area contributed by atoms with Crippen molar-refractivity contribution >= 4 is 11.9 Å². The lowest BCUT2D eigenvalue weighted by atomic mass is 10.0. The molecule has 0 fully saturated rings. The smallest absolute Gasteiger partial charge is 0.337 e. The highest BCUT2D eigenvalue weighted by molar-refractivity contribution is 5.89. The van der Waals surface area contributed by atoms with E-state index >= 15 is 0 Å². The lowest BCUT2D eigenvalue weighted by molar-refractivity contribution is -0.140. The molecular weight excluding hydrogens is 372 g/mol. The van der Waals surface area contributed by atoms with Crippen molar-refractivity contribution in [2.24, 2.45) is 0 Å². The van der Waals surface area contributed by atoms with Crippen molar-refractivity contribution in [3.05, 3.63) is 59.7 Å². The van der Waals surface area contributed by atoms with Gasteiger partial charge < -0.3 is 19.3 Å². The summed E-state index contributed by atoms with van der Waals surface area (Å²) in [6.07, 6.45) is 4.00. The molecule has 0 spiro atoms. The maximum Gasteiger partial charge on any atom is 0.337 e. The number of ether oxygens (including phenoxy) is 3. The molecule has 156 valence electrons. The average molecular weight is 400 g/mol. The second-order valence-electron chi connectivity index (χ2n) is 6.75. The minimum atomic E-state index is -0.393. The molecule has 0 radical (unpaired) electrons. The summed E-state index contributed by atoms with van der Waals surface area (Å²) >= 11 is 0. The first-order chi connectivity index (χ1) is 14.0. The third-order valence-corrected chi connectivity index (χ3v) is 4.69. The van der Waals surface area contributed by atoms with Gasteiger partial charge in [0.05, 0.1) is 25.9 Å². The number of unbranched alkanes of at least 4 members (excludes halogenated alkanes) is 1. The number of rotatable bonds is 11. The van der Waals surface area contributed by atoms with E-state index in [0.717, 1.165) is 24.8 Å². The predicted molar refractivity (Wildman–Crippen MR) is 109 cm³/mol. The van der Waals surface area contributed by atoms with Gasteiger partial charge in [-0.2, -0.15) is 0 Å². The van der Waals surface area contributed by atoms with Crippen LogP contribution < -0.4 is 4.74 Å². The Labute approximate surface area is 171 Å². The van der Waals surface area contributed by atoms with Crippen LogP contribution in [0.3, 0.4) is 0 Å². The number of phenols is 1. The number of benzene rings is 2. The number of hydrogen-bond acceptors (Lipinski definition) is 6. The topological polar surface area (TPSA) is 82.1 Å². The predicted octanol–water partition coefficient (Wildman–Crippen LogP) is 4.29. The molecule has 0 aliphatic carbocycles. The van der Waals surface area contributed by atoms with Gasteiger partial charge in [0.15, 0.2) is 0 Å². The molecule has 1 unspecified atom stereocenters. The van der Waals surface area contributed by atoms with Crippen LogP contribution in [0.2, 0.25) is 0 Å². The summed E-state index contributed by atoms with van der Waals surface area (Å²) in [6, 6.07) is 14.1. The van der Waals surface area contributed by atoms with Crippen molar-refractivity contribution in [3.8, 4) is 11.5 Å². The summed E-state index contributed by atoms with van der Waals surface area (Å²) in [5.41, 5.74) is 1.33. The van der Waals surface area contributed by atoms with E-state index in [4.69, 9.17) is 9.47 Å². The highest BCUT2D eigenvalue weighted by Gasteiger charge is 2.14. The van der Waals surface area contributed by atoms with Crippen molar-refractivity contribution in [1.29, 1.82) is 0 Å². The third kappa shape index (κ3) is 7.49. The van der Waals surface area contributed by atoms with Crippen LogP contribution >= 0.6 is 0 Å². The number of aromatic hydroxyl groups is 1. The molecule has 29 heavy (non-hydrogen) atoms. The average Bonchev–Trinajstić information content (AvgIpc) is 2.75. The molecule has 0 heterocycles. The Balaban J connectivity index is 1.97. The van der Waals surface area contributed by atoms with Crippen LogP contribution in [-0.4, -0.2) is 37.4 Å². The number of phenolic OH excluding ortho intramolecular Hbond substituents is 1. The van der Waals surface area contributed by atoms with Crippen LogP contribution in [0, 0.1) is 0 Å². The van der Waals surface area contributed by atoms with E-state index < -0.39 is 5.97 Å². The number of methoxy groups -OCH3 is 2. The van der Waals surface area contributed by atoms with Crippen LogP contribution in [0.4, 0.5) is 0 Å². The van der Waals surface area contributed by atoms with Gasteiger partial charge >= 0.3 is 11.9 Å². The molecule has 6 heteroatoms. The number of carbonyl (C=O) groups excluding carboxylic acids is 2. The molecule has 0 aliphatic heterocycles. The Morgan fingerprint density at radius 2 is 1.66 bits per heavy atom. The minimum Gasteiger partial charge on any atom is -0.508 e. The summed E-state index contributed by atoms with van der Waals surface area (Å²) in [7, 11) is 2.73. The Kier molecular flexibility index (Phi) is 9.02. The maximum absolute atomic E-state index is 11.6. The van der Waals surface area contributed by atoms with Gasteiger partial charge in [-0.25, -0.2) is 4.79 Å². The molecule has 0 aliphatic rings. The normalized spacial score (nSPS) is 11.5. The van der Waals surface area contributed by atoms with Crippen molar-refractivity contribution in [1.82, 2.24) is 0 Å². The Bertz CT molecular complexity index is 784. The van der Waals surface area contributed by atoms with E-state index in [-0.39, 0.29) is 17.8 Å². The maximum atomic E-state index is 11.6. The fourth-order valence-corrected chi connectivity index (χ4v) is 3.02. The zero-order chi connectivity index (χ0) is 21.1. The molecule has 2 aromatic rings. The summed E-state index contributed by atoms with van der Waals surface area (Å²) in [5, 5.41) is 9.99. The van der Waals surface area contributed by atoms with Crippen LogP contribution in [0.5, 0.6) is 11.5 Å². The van der Waals surface area contributed by atoms with Gasteiger partial charge in [-0.1, -0.05) is 18.2 Å². The van der Waals surface area contributed by atoms with Gasteiger partial charge in [-0.05, 0) is 68.0 Å². The summed E-state index contributed by atoms with van der Waals surface area (Å²) in [5.74, 6) is 0.331. The molecule has 0 saturated heterocycles. The molecule has 1 atom stereocenters. The molecule has 0 aromatic heterocycles. The van der Waals surface area contributed by atoms with E-state index in [0.29, 0.717) is 30.6 Å². The fraction of sp³-hybridized carbons (Fsp3) is 0.391. The molecule has 2 aromatic carbocycles. The molecule has 1 N–H and O–H groups in total. The lowest BCUT2D eigenvalue weighted by Gasteiger charge is -2.20. The van der Waals surface area contributed by atoms with Gasteiger partial charge in [-0.3, -0.25) is 4.79 Å². The third-order valence-electron chi connectivity index (χ3n) is 4.69. The zero-order valence-corrected chi connectivity index (χ0v) is 16.9. The quantitative estimate of drug-likeness (QED) is 0.448. The minimum absolute atomic E-state index is 0.0868. The second kappa shape index (κ2) is 11.7. The molecule has 2 rings (SSSR count). The van der Waals surface area contributed by atoms with Gasteiger partial charge in [-0.15, -0.1) is 0 Å². The largest absolute Gasteiger partial charge is 0.508 e. The van der Waals surface area contributed by atoms with Crippen molar-refractivity contribution in [3.63, 3.8) is 0 Å².